The summed E-state index contributed by atoms with van der Waals surface area (Å²) < 4.78 is 66.6. The molecular formula is C14H8F5NOS. The molecular weight excluding hydrogens is 325 g/mol. The summed E-state index contributed by atoms with van der Waals surface area (Å²) in [4.78, 5) is 11.0. The van der Waals surface area contributed by atoms with Crippen LogP contribution in [0.2, 0.25) is 0 Å². The molecule has 2 aromatic carbocycles. The summed E-state index contributed by atoms with van der Waals surface area (Å²) in [6.07, 6.45) is -4.38. The van der Waals surface area contributed by atoms with E-state index in [-0.39, 0.29) is 12.0 Å². The number of alkyl halides is 3. The van der Waals surface area contributed by atoms with Crippen molar-refractivity contribution in [2.24, 2.45) is 0 Å². The van der Waals surface area contributed by atoms with Crippen molar-refractivity contribution < 1.29 is 26.7 Å². The standard InChI is InChI=1S/C14H8F5NOS/c15-11-5-6-12(13(16)10(11)7-21)20-22-9-3-1-8(2-4-9)14(17,18)19/h1-7,20H. The van der Waals surface area contributed by atoms with E-state index in [1.54, 1.807) is 0 Å². The van der Waals surface area contributed by atoms with Gasteiger partial charge in [0.2, 0.25) is 0 Å². The zero-order valence-corrected chi connectivity index (χ0v) is 11.6. The van der Waals surface area contributed by atoms with Crippen molar-refractivity contribution in [1.82, 2.24) is 0 Å². The third-order valence-corrected chi connectivity index (χ3v) is 3.53. The van der Waals surface area contributed by atoms with E-state index in [2.05, 4.69) is 4.72 Å². The predicted octanol–water partition coefficient (Wildman–Crippen LogP) is 4.92. The number of carbonyl (C=O) groups is 1. The first kappa shape index (κ1) is 16.3. The molecule has 8 heteroatoms. The molecule has 0 aliphatic carbocycles. The number of halogens is 5. The van der Waals surface area contributed by atoms with Gasteiger partial charge in [-0.25, -0.2) is 8.78 Å². The fraction of sp³-hybridized carbons (Fsp3) is 0.0714. The Labute approximate surface area is 126 Å². The number of nitrogens with one attached hydrogen (secondary N) is 1. The van der Waals surface area contributed by atoms with Crippen molar-refractivity contribution in [2.45, 2.75) is 11.1 Å². The van der Waals surface area contributed by atoms with Crippen molar-refractivity contribution in [3.05, 3.63) is 59.2 Å². The van der Waals surface area contributed by atoms with E-state index in [9.17, 15) is 26.7 Å². The third-order valence-electron chi connectivity index (χ3n) is 2.70. The molecule has 0 radical (unpaired) electrons. The SMILES string of the molecule is O=Cc1c(F)ccc(NSc2ccc(C(F)(F)F)cc2)c1F. The summed E-state index contributed by atoms with van der Waals surface area (Å²) in [5.74, 6) is -2.05. The molecule has 0 fully saturated rings. The quantitative estimate of drug-likeness (QED) is 0.489. The molecule has 0 aromatic heterocycles. The predicted molar refractivity (Wildman–Crippen MR) is 72.7 cm³/mol. The Balaban J connectivity index is 2.12. The van der Waals surface area contributed by atoms with Gasteiger partial charge in [0.15, 0.2) is 12.1 Å². The summed E-state index contributed by atoms with van der Waals surface area (Å²) in [7, 11) is 0. The van der Waals surface area contributed by atoms with Gasteiger partial charge in [0.1, 0.15) is 5.82 Å². The lowest BCUT2D eigenvalue weighted by atomic mass is 10.2. The second-order valence-corrected chi connectivity index (χ2v) is 5.05. The Hall–Kier alpha value is -2.09. The maximum absolute atomic E-state index is 13.8. The summed E-state index contributed by atoms with van der Waals surface area (Å²) in [5.41, 5.74) is -1.65. The minimum Gasteiger partial charge on any atom is -0.323 e. The molecule has 0 bridgehead atoms. The topological polar surface area (TPSA) is 29.1 Å². The average Bonchev–Trinajstić information content (AvgIpc) is 2.46. The van der Waals surface area contributed by atoms with Crippen LogP contribution in [-0.2, 0) is 6.18 Å². The Bertz CT molecular complexity index is 685. The molecule has 2 rings (SSSR count). The van der Waals surface area contributed by atoms with Crippen molar-refractivity contribution in [1.29, 1.82) is 0 Å². The molecule has 2 nitrogen and oxygen atoms in total. The van der Waals surface area contributed by atoms with Gasteiger partial charge in [-0.1, -0.05) is 0 Å². The second kappa shape index (κ2) is 6.35. The van der Waals surface area contributed by atoms with E-state index in [1.807, 2.05) is 0 Å². The molecule has 0 atom stereocenters. The van der Waals surface area contributed by atoms with E-state index in [0.717, 1.165) is 36.2 Å². The first-order valence-electron chi connectivity index (χ1n) is 5.86. The maximum Gasteiger partial charge on any atom is 0.416 e. The van der Waals surface area contributed by atoms with Crippen LogP contribution in [0, 0.1) is 11.6 Å². The van der Waals surface area contributed by atoms with Gasteiger partial charge in [-0.2, -0.15) is 13.2 Å². The molecule has 0 aliphatic rings. The minimum absolute atomic E-state index is 0.0542. The molecule has 2 aromatic rings. The monoisotopic (exact) mass is 333 g/mol. The number of carbonyl (C=O) groups excluding carboxylic acids is 1. The average molecular weight is 333 g/mol. The molecule has 0 saturated heterocycles. The van der Waals surface area contributed by atoms with Gasteiger partial charge in [0.05, 0.1) is 16.8 Å². The van der Waals surface area contributed by atoms with Gasteiger partial charge in [-0.05, 0) is 48.3 Å². The highest BCUT2D eigenvalue weighted by molar-refractivity contribution is 8.00. The van der Waals surface area contributed by atoms with Crippen LogP contribution in [0.4, 0.5) is 27.6 Å². The lowest BCUT2D eigenvalue weighted by Gasteiger charge is -2.10. The Morgan fingerprint density at radius 3 is 2.18 bits per heavy atom. The van der Waals surface area contributed by atoms with Crippen LogP contribution in [0.25, 0.3) is 0 Å². The van der Waals surface area contributed by atoms with E-state index in [4.69, 9.17) is 0 Å². The van der Waals surface area contributed by atoms with Crippen molar-refractivity contribution in [3.8, 4) is 0 Å². The van der Waals surface area contributed by atoms with E-state index >= 15 is 0 Å². The van der Waals surface area contributed by atoms with Gasteiger partial charge >= 0.3 is 6.18 Å². The fourth-order valence-corrected chi connectivity index (χ4v) is 2.24. The summed E-state index contributed by atoms with van der Waals surface area (Å²) in [6.45, 7) is 0. The Kier molecular flexibility index (Phi) is 4.70. The molecule has 0 spiro atoms. The molecule has 22 heavy (non-hydrogen) atoms. The number of rotatable bonds is 4. The molecule has 0 heterocycles. The first-order valence-corrected chi connectivity index (χ1v) is 6.68. The van der Waals surface area contributed by atoms with Gasteiger partial charge in [-0.15, -0.1) is 0 Å². The van der Waals surface area contributed by atoms with E-state index < -0.39 is 28.9 Å². The smallest absolute Gasteiger partial charge is 0.323 e. The molecule has 0 aliphatic heterocycles. The van der Waals surface area contributed by atoms with Gasteiger partial charge in [-0.3, -0.25) is 4.79 Å². The molecule has 1 N–H and O–H groups in total. The summed E-state index contributed by atoms with van der Waals surface area (Å²) in [5, 5.41) is 0. The number of benzene rings is 2. The first-order chi connectivity index (χ1) is 10.3. The highest BCUT2D eigenvalue weighted by Gasteiger charge is 2.29. The van der Waals surface area contributed by atoms with Crippen molar-refractivity contribution >= 4 is 23.9 Å². The van der Waals surface area contributed by atoms with Crippen molar-refractivity contribution in [3.63, 3.8) is 0 Å². The normalized spacial score (nSPS) is 11.3. The minimum atomic E-state index is -4.43. The van der Waals surface area contributed by atoms with E-state index in [1.165, 1.54) is 12.1 Å². The van der Waals surface area contributed by atoms with Crippen LogP contribution in [0.5, 0.6) is 0 Å². The second-order valence-electron chi connectivity index (χ2n) is 4.17. The maximum atomic E-state index is 13.8. The van der Waals surface area contributed by atoms with Crippen LogP contribution in [-0.4, -0.2) is 6.29 Å². The molecule has 0 unspecified atom stereocenters. The summed E-state index contributed by atoms with van der Waals surface area (Å²) >= 11 is 0.836. The van der Waals surface area contributed by atoms with E-state index in [0.29, 0.717) is 4.90 Å². The van der Waals surface area contributed by atoms with Crippen LogP contribution in [0.3, 0.4) is 0 Å². The van der Waals surface area contributed by atoms with Gasteiger partial charge < -0.3 is 4.72 Å². The fourth-order valence-electron chi connectivity index (χ4n) is 1.58. The molecule has 116 valence electrons. The van der Waals surface area contributed by atoms with Gasteiger partial charge in [0, 0.05) is 4.90 Å². The number of aldehydes is 1. The van der Waals surface area contributed by atoms with Crippen molar-refractivity contribution in [2.75, 3.05) is 4.72 Å². The van der Waals surface area contributed by atoms with Crippen LogP contribution in [0.1, 0.15) is 15.9 Å². The lowest BCUT2D eigenvalue weighted by molar-refractivity contribution is -0.137. The number of hydrogen-bond donors (Lipinski definition) is 1. The molecule has 0 amide bonds. The zero-order chi connectivity index (χ0) is 16.3. The van der Waals surface area contributed by atoms with Crippen LogP contribution in [0.15, 0.2) is 41.3 Å². The zero-order valence-electron chi connectivity index (χ0n) is 10.7. The lowest BCUT2D eigenvalue weighted by Crippen LogP contribution is -2.04. The third kappa shape index (κ3) is 3.56. The Morgan fingerprint density at radius 1 is 1.00 bits per heavy atom. The Morgan fingerprint density at radius 2 is 1.64 bits per heavy atom. The highest BCUT2D eigenvalue weighted by atomic mass is 32.2. The summed E-state index contributed by atoms with van der Waals surface area (Å²) in [6, 6.07) is 6.21. The number of anilines is 1. The van der Waals surface area contributed by atoms with Crippen LogP contribution >= 0.6 is 11.9 Å². The highest BCUT2D eigenvalue weighted by Crippen LogP contribution is 2.31. The number of hydrogen-bond acceptors (Lipinski definition) is 3. The van der Waals surface area contributed by atoms with Crippen LogP contribution < -0.4 is 4.72 Å². The van der Waals surface area contributed by atoms with Gasteiger partial charge in [0.25, 0.3) is 0 Å². The molecule has 0 saturated carbocycles. The largest absolute Gasteiger partial charge is 0.416 e.